The minimum Gasteiger partial charge on any atom is -0.310 e. The second kappa shape index (κ2) is 7.65. The molecule has 0 saturated heterocycles. The fourth-order valence-electron chi connectivity index (χ4n) is 1.79. The lowest BCUT2D eigenvalue weighted by Gasteiger charge is -2.10. The van der Waals surface area contributed by atoms with Crippen LogP contribution in [0, 0.1) is 0 Å². The summed E-state index contributed by atoms with van der Waals surface area (Å²) in [5, 5.41) is 7.67. The van der Waals surface area contributed by atoms with Gasteiger partial charge in [-0.15, -0.1) is 0 Å². The third kappa shape index (κ3) is 5.74. The molecular weight excluding hydrogens is 262 g/mol. The molecule has 0 amide bonds. The van der Waals surface area contributed by atoms with Crippen molar-refractivity contribution in [3.8, 4) is 0 Å². The lowest BCUT2D eigenvalue weighted by Crippen LogP contribution is -2.18. The quantitative estimate of drug-likeness (QED) is 0.752. The summed E-state index contributed by atoms with van der Waals surface area (Å²) in [7, 11) is -2.86. The van der Waals surface area contributed by atoms with E-state index in [-0.39, 0.29) is 17.5 Å². The van der Waals surface area contributed by atoms with E-state index in [0.29, 0.717) is 13.0 Å². The topological polar surface area (TPSA) is 64.0 Å². The van der Waals surface area contributed by atoms with Gasteiger partial charge in [0.2, 0.25) is 0 Å². The van der Waals surface area contributed by atoms with Crippen molar-refractivity contribution in [1.82, 2.24) is 15.1 Å². The van der Waals surface area contributed by atoms with Gasteiger partial charge in [-0.2, -0.15) is 5.10 Å². The van der Waals surface area contributed by atoms with Gasteiger partial charge >= 0.3 is 0 Å². The van der Waals surface area contributed by atoms with Crippen LogP contribution in [0.2, 0.25) is 0 Å². The molecule has 1 heterocycles. The average Bonchev–Trinajstić information content (AvgIpc) is 2.84. The number of nitrogens with zero attached hydrogens (tertiary/aromatic N) is 2. The van der Waals surface area contributed by atoms with E-state index in [9.17, 15) is 8.42 Å². The number of hydrogen-bond acceptors (Lipinski definition) is 4. The normalized spacial score (nSPS) is 13.6. The van der Waals surface area contributed by atoms with Crippen LogP contribution < -0.4 is 5.32 Å². The smallest absolute Gasteiger partial charge is 0.150 e. The van der Waals surface area contributed by atoms with E-state index in [0.717, 1.165) is 18.5 Å². The Bertz CT molecular complexity index is 468. The Labute approximate surface area is 116 Å². The van der Waals surface area contributed by atoms with Crippen LogP contribution in [0.25, 0.3) is 0 Å². The van der Waals surface area contributed by atoms with Crippen molar-refractivity contribution in [1.29, 1.82) is 0 Å². The second-order valence-electron chi connectivity index (χ2n) is 4.80. The largest absolute Gasteiger partial charge is 0.310 e. The molecule has 110 valence electrons. The van der Waals surface area contributed by atoms with E-state index < -0.39 is 9.84 Å². The SMILES string of the molecule is CCCNC(C)c1cnn(CCCS(=O)(=O)CC)c1. The second-order valence-corrected chi connectivity index (χ2v) is 7.28. The monoisotopic (exact) mass is 287 g/mol. The lowest BCUT2D eigenvalue weighted by molar-refractivity contribution is 0.563. The molecule has 0 aliphatic heterocycles. The van der Waals surface area contributed by atoms with Gasteiger partial charge in [-0.25, -0.2) is 8.42 Å². The summed E-state index contributed by atoms with van der Waals surface area (Å²) in [6.07, 6.45) is 5.56. The third-order valence-corrected chi connectivity index (χ3v) is 4.93. The Balaban J connectivity index is 2.42. The molecule has 5 nitrogen and oxygen atoms in total. The number of rotatable bonds is 9. The van der Waals surface area contributed by atoms with Crippen molar-refractivity contribution in [2.75, 3.05) is 18.1 Å². The van der Waals surface area contributed by atoms with Crippen molar-refractivity contribution in [2.24, 2.45) is 0 Å². The maximum absolute atomic E-state index is 11.4. The molecule has 6 heteroatoms. The van der Waals surface area contributed by atoms with Gasteiger partial charge in [0.15, 0.2) is 0 Å². The van der Waals surface area contributed by atoms with Crippen LogP contribution in [0.5, 0.6) is 0 Å². The van der Waals surface area contributed by atoms with E-state index in [1.807, 2.05) is 17.1 Å². The molecule has 0 aliphatic carbocycles. The van der Waals surface area contributed by atoms with Crippen LogP contribution >= 0.6 is 0 Å². The summed E-state index contributed by atoms with van der Waals surface area (Å²) in [6, 6.07) is 0.285. The number of aromatic nitrogens is 2. The molecule has 0 aliphatic rings. The highest BCUT2D eigenvalue weighted by Crippen LogP contribution is 2.11. The van der Waals surface area contributed by atoms with Crippen molar-refractivity contribution < 1.29 is 8.42 Å². The molecule has 1 rings (SSSR count). The van der Waals surface area contributed by atoms with Gasteiger partial charge in [0.1, 0.15) is 9.84 Å². The molecule has 0 bridgehead atoms. The van der Waals surface area contributed by atoms with Gasteiger partial charge in [0, 0.05) is 30.1 Å². The zero-order valence-corrected chi connectivity index (χ0v) is 12.9. The van der Waals surface area contributed by atoms with Gasteiger partial charge in [-0.3, -0.25) is 4.68 Å². The fourth-order valence-corrected chi connectivity index (χ4v) is 2.65. The van der Waals surface area contributed by atoms with Gasteiger partial charge in [0.25, 0.3) is 0 Å². The highest BCUT2D eigenvalue weighted by Gasteiger charge is 2.09. The Kier molecular flexibility index (Phi) is 6.51. The van der Waals surface area contributed by atoms with E-state index >= 15 is 0 Å². The van der Waals surface area contributed by atoms with Crippen LogP contribution in [0.1, 0.15) is 45.2 Å². The summed E-state index contributed by atoms with van der Waals surface area (Å²) < 4.78 is 24.6. The maximum Gasteiger partial charge on any atom is 0.150 e. The predicted octanol–water partition coefficient (Wildman–Crippen LogP) is 1.77. The molecule has 1 aromatic heterocycles. The van der Waals surface area contributed by atoms with Crippen molar-refractivity contribution in [3.63, 3.8) is 0 Å². The summed E-state index contributed by atoms with van der Waals surface area (Å²) in [5.41, 5.74) is 1.15. The number of sulfone groups is 1. The van der Waals surface area contributed by atoms with Crippen LogP contribution in [0.3, 0.4) is 0 Å². The van der Waals surface area contributed by atoms with Gasteiger partial charge in [0.05, 0.1) is 11.9 Å². The molecule has 0 saturated carbocycles. The van der Waals surface area contributed by atoms with Crippen LogP contribution in [-0.4, -0.2) is 36.2 Å². The molecule has 0 fully saturated rings. The molecule has 0 radical (unpaired) electrons. The highest BCUT2D eigenvalue weighted by atomic mass is 32.2. The van der Waals surface area contributed by atoms with Crippen molar-refractivity contribution in [3.05, 3.63) is 18.0 Å². The summed E-state index contributed by atoms with van der Waals surface area (Å²) in [5.74, 6) is 0.456. The molecule has 0 aromatic carbocycles. The van der Waals surface area contributed by atoms with E-state index in [4.69, 9.17) is 0 Å². The number of aryl methyl sites for hydroxylation is 1. The fraction of sp³-hybridized carbons (Fsp3) is 0.769. The molecule has 1 atom stereocenters. The van der Waals surface area contributed by atoms with Gasteiger partial charge in [-0.05, 0) is 26.3 Å². The van der Waals surface area contributed by atoms with E-state index in [1.165, 1.54) is 0 Å². The first kappa shape index (κ1) is 16.2. The zero-order chi connectivity index (χ0) is 14.3. The van der Waals surface area contributed by atoms with Crippen LogP contribution in [-0.2, 0) is 16.4 Å². The van der Waals surface area contributed by atoms with Crippen molar-refractivity contribution in [2.45, 2.75) is 46.2 Å². The first-order valence-electron chi connectivity index (χ1n) is 6.94. The summed E-state index contributed by atoms with van der Waals surface area (Å²) >= 11 is 0. The van der Waals surface area contributed by atoms with Gasteiger partial charge in [-0.1, -0.05) is 13.8 Å². The molecule has 19 heavy (non-hydrogen) atoms. The van der Waals surface area contributed by atoms with E-state index in [2.05, 4.69) is 24.3 Å². The highest BCUT2D eigenvalue weighted by molar-refractivity contribution is 7.91. The number of nitrogens with one attached hydrogen (secondary N) is 1. The average molecular weight is 287 g/mol. The molecule has 1 unspecified atom stereocenters. The standard InChI is InChI=1S/C13H25N3O2S/c1-4-7-14-12(3)13-10-15-16(11-13)8-6-9-19(17,18)5-2/h10-12,14H,4-9H2,1-3H3. The Morgan fingerprint density at radius 2 is 2.16 bits per heavy atom. The molecule has 0 spiro atoms. The van der Waals surface area contributed by atoms with Crippen molar-refractivity contribution >= 4 is 9.84 Å². The van der Waals surface area contributed by atoms with Gasteiger partial charge < -0.3 is 5.32 Å². The number of hydrogen-bond donors (Lipinski definition) is 1. The summed E-state index contributed by atoms with van der Waals surface area (Å²) in [6.45, 7) is 7.57. The summed E-state index contributed by atoms with van der Waals surface area (Å²) in [4.78, 5) is 0. The van der Waals surface area contributed by atoms with E-state index in [1.54, 1.807) is 6.92 Å². The Morgan fingerprint density at radius 3 is 2.79 bits per heavy atom. The Morgan fingerprint density at radius 1 is 1.42 bits per heavy atom. The predicted molar refractivity (Wildman–Crippen MR) is 77.9 cm³/mol. The van der Waals surface area contributed by atoms with Crippen LogP contribution in [0.4, 0.5) is 0 Å². The maximum atomic E-state index is 11.4. The zero-order valence-electron chi connectivity index (χ0n) is 12.1. The Hall–Kier alpha value is -0.880. The van der Waals surface area contributed by atoms with Crippen LogP contribution in [0.15, 0.2) is 12.4 Å². The molecule has 1 aromatic rings. The lowest BCUT2D eigenvalue weighted by atomic mass is 10.2. The minimum atomic E-state index is -2.86. The first-order valence-corrected chi connectivity index (χ1v) is 8.76. The first-order chi connectivity index (χ1) is 8.98. The molecule has 1 N–H and O–H groups in total. The third-order valence-electron chi connectivity index (χ3n) is 3.14. The minimum absolute atomic E-state index is 0.218. The molecular formula is C13H25N3O2S.